The quantitative estimate of drug-likeness (QED) is 0.322. The maximum absolute atomic E-state index is 8.21. The first-order valence-electron chi connectivity index (χ1n) is 2.33. The van der Waals surface area contributed by atoms with Crippen LogP contribution in [0, 0.1) is 0 Å². The molecule has 0 atom stereocenters. The third-order valence-corrected chi connectivity index (χ3v) is 2.21. The maximum Gasteiger partial charge on any atom is 0.189 e. The van der Waals surface area contributed by atoms with Gasteiger partial charge < -0.3 is 10.9 Å². The van der Waals surface area contributed by atoms with E-state index in [4.69, 9.17) is 10.9 Å². The van der Waals surface area contributed by atoms with Gasteiger partial charge in [0.15, 0.2) is 9.75 Å². The number of thiazole rings is 1. The number of rotatable bonds is 1. The third kappa shape index (κ3) is 1.45. The molecule has 3 N–H and O–H groups in total. The van der Waals surface area contributed by atoms with Crippen molar-refractivity contribution in [3.63, 3.8) is 0 Å². The Morgan fingerprint density at radius 3 is 3.00 bits per heavy atom. The summed E-state index contributed by atoms with van der Waals surface area (Å²) in [5.74, 6) is 0.0296. The van der Waals surface area contributed by atoms with Gasteiger partial charge in [0.2, 0.25) is 0 Å². The van der Waals surface area contributed by atoms with Crippen molar-refractivity contribution in [3.05, 3.63) is 15.0 Å². The molecular formula is C4H4BrN3OS. The van der Waals surface area contributed by atoms with Crippen molar-refractivity contribution in [3.8, 4) is 0 Å². The van der Waals surface area contributed by atoms with Gasteiger partial charge in [-0.05, 0) is 15.9 Å². The van der Waals surface area contributed by atoms with Crippen molar-refractivity contribution in [2.24, 2.45) is 10.9 Å². The van der Waals surface area contributed by atoms with E-state index in [1.165, 1.54) is 11.3 Å². The Morgan fingerprint density at radius 2 is 2.60 bits per heavy atom. The molecule has 10 heavy (non-hydrogen) atoms. The molecular weight excluding hydrogens is 218 g/mol. The van der Waals surface area contributed by atoms with Gasteiger partial charge in [0.25, 0.3) is 0 Å². The number of nitrogens with two attached hydrogens (primary N) is 1. The highest BCUT2D eigenvalue weighted by Crippen LogP contribution is 2.15. The van der Waals surface area contributed by atoms with Crippen molar-refractivity contribution >= 4 is 33.1 Å². The summed E-state index contributed by atoms with van der Waals surface area (Å²) in [5.41, 5.74) is 5.72. The molecule has 1 heterocycles. The number of hydrogen-bond donors (Lipinski definition) is 2. The second kappa shape index (κ2) is 2.98. The molecule has 0 spiro atoms. The maximum atomic E-state index is 8.21. The largest absolute Gasteiger partial charge is 0.409 e. The second-order valence-corrected chi connectivity index (χ2v) is 3.61. The number of halogens is 1. The Balaban J connectivity index is 2.95. The SMILES string of the molecule is N/C(=N\O)c1csc(Br)n1. The predicted molar refractivity (Wildman–Crippen MR) is 42.3 cm³/mol. The molecule has 0 aliphatic heterocycles. The number of amidine groups is 1. The highest BCUT2D eigenvalue weighted by Gasteiger charge is 2.02. The summed E-state index contributed by atoms with van der Waals surface area (Å²) in [4.78, 5) is 3.90. The first-order valence-corrected chi connectivity index (χ1v) is 4.00. The Morgan fingerprint density at radius 1 is 1.90 bits per heavy atom. The van der Waals surface area contributed by atoms with Gasteiger partial charge in [0.05, 0.1) is 0 Å². The van der Waals surface area contributed by atoms with Crippen molar-refractivity contribution in [1.29, 1.82) is 0 Å². The van der Waals surface area contributed by atoms with Gasteiger partial charge in [0.1, 0.15) is 5.69 Å². The van der Waals surface area contributed by atoms with Gasteiger partial charge in [-0.25, -0.2) is 4.98 Å². The van der Waals surface area contributed by atoms with Gasteiger partial charge >= 0.3 is 0 Å². The van der Waals surface area contributed by atoms with E-state index in [0.29, 0.717) is 9.61 Å². The van der Waals surface area contributed by atoms with Crippen LogP contribution in [0.5, 0.6) is 0 Å². The molecule has 0 saturated heterocycles. The Labute approximate surface area is 69.5 Å². The molecule has 0 radical (unpaired) electrons. The van der Waals surface area contributed by atoms with Crippen LogP contribution in [0.15, 0.2) is 14.5 Å². The van der Waals surface area contributed by atoms with Gasteiger partial charge in [-0.15, -0.1) is 11.3 Å². The average molecular weight is 222 g/mol. The van der Waals surface area contributed by atoms with E-state index in [1.807, 2.05) is 0 Å². The molecule has 1 aromatic rings. The van der Waals surface area contributed by atoms with Gasteiger partial charge in [0, 0.05) is 5.38 Å². The van der Waals surface area contributed by atoms with E-state index in [-0.39, 0.29) is 5.84 Å². The Hall–Kier alpha value is -0.620. The monoisotopic (exact) mass is 221 g/mol. The molecule has 0 aromatic carbocycles. The minimum absolute atomic E-state index is 0.0296. The summed E-state index contributed by atoms with van der Waals surface area (Å²) in [6.07, 6.45) is 0. The topological polar surface area (TPSA) is 71.5 Å². The summed E-state index contributed by atoms with van der Waals surface area (Å²) in [7, 11) is 0. The molecule has 0 aliphatic rings. The van der Waals surface area contributed by atoms with Crippen LogP contribution in [0.4, 0.5) is 0 Å². The van der Waals surface area contributed by atoms with Crippen molar-refractivity contribution in [2.45, 2.75) is 0 Å². The molecule has 1 aromatic heterocycles. The lowest BCUT2D eigenvalue weighted by atomic mass is 10.5. The Bertz CT molecular complexity index is 259. The molecule has 0 amide bonds. The zero-order chi connectivity index (χ0) is 7.56. The fraction of sp³-hybridized carbons (Fsp3) is 0. The van der Waals surface area contributed by atoms with E-state index in [1.54, 1.807) is 5.38 Å². The minimum Gasteiger partial charge on any atom is -0.409 e. The predicted octanol–water partition coefficient (Wildman–Crippen LogP) is 1.00. The lowest BCUT2D eigenvalue weighted by Crippen LogP contribution is -2.13. The van der Waals surface area contributed by atoms with Crippen molar-refractivity contribution in [1.82, 2.24) is 4.98 Å². The fourth-order valence-electron chi connectivity index (χ4n) is 0.421. The van der Waals surface area contributed by atoms with Crippen LogP contribution < -0.4 is 5.73 Å². The fourth-order valence-corrected chi connectivity index (χ4v) is 1.43. The summed E-state index contributed by atoms with van der Waals surface area (Å²) in [6, 6.07) is 0. The summed E-state index contributed by atoms with van der Waals surface area (Å²) in [5, 5.41) is 12.7. The van der Waals surface area contributed by atoms with E-state index >= 15 is 0 Å². The molecule has 4 nitrogen and oxygen atoms in total. The summed E-state index contributed by atoms with van der Waals surface area (Å²) in [6.45, 7) is 0. The molecule has 0 unspecified atom stereocenters. The summed E-state index contributed by atoms with van der Waals surface area (Å²) < 4.78 is 0.717. The lowest BCUT2D eigenvalue weighted by molar-refractivity contribution is 0.318. The van der Waals surface area contributed by atoms with E-state index in [2.05, 4.69) is 26.1 Å². The first kappa shape index (κ1) is 7.49. The average Bonchev–Trinajstić information content (AvgIpc) is 2.34. The van der Waals surface area contributed by atoms with Gasteiger partial charge in [-0.1, -0.05) is 5.16 Å². The Kier molecular flexibility index (Phi) is 2.23. The van der Waals surface area contributed by atoms with Crippen LogP contribution in [0.25, 0.3) is 0 Å². The highest BCUT2D eigenvalue weighted by molar-refractivity contribution is 9.11. The number of hydrogen-bond acceptors (Lipinski definition) is 4. The first-order chi connectivity index (χ1) is 4.74. The molecule has 6 heteroatoms. The minimum atomic E-state index is 0.0296. The van der Waals surface area contributed by atoms with E-state index in [9.17, 15) is 0 Å². The van der Waals surface area contributed by atoms with Crippen molar-refractivity contribution < 1.29 is 5.21 Å². The van der Waals surface area contributed by atoms with E-state index in [0.717, 1.165) is 0 Å². The normalized spacial score (nSPS) is 11.9. The van der Waals surface area contributed by atoms with Crippen LogP contribution >= 0.6 is 27.3 Å². The molecule has 1 rings (SSSR count). The van der Waals surface area contributed by atoms with Crippen LogP contribution in [0.2, 0.25) is 0 Å². The molecule has 0 saturated carbocycles. The molecule has 54 valence electrons. The standard InChI is InChI=1S/C4H4BrN3OS/c5-4-7-2(1-10-4)3(6)8-9/h1,9H,(H2,6,8). The zero-order valence-electron chi connectivity index (χ0n) is 4.78. The van der Waals surface area contributed by atoms with Crippen LogP contribution in [-0.2, 0) is 0 Å². The van der Waals surface area contributed by atoms with Crippen molar-refractivity contribution in [2.75, 3.05) is 0 Å². The number of nitrogens with zero attached hydrogens (tertiary/aromatic N) is 2. The van der Waals surface area contributed by atoms with Gasteiger partial charge in [-0.2, -0.15) is 0 Å². The van der Waals surface area contributed by atoms with Crippen LogP contribution in [0.3, 0.4) is 0 Å². The molecule has 0 fully saturated rings. The lowest BCUT2D eigenvalue weighted by Gasteiger charge is -1.87. The molecule has 0 bridgehead atoms. The second-order valence-electron chi connectivity index (χ2n) is 1.47. The van der Waals surface area contributed by atoms with Gasteiger partial charge in [-0.3, -0.25) is 0 Å². The smallest absolute Gasteiger partial charge is 0.189 e. The third-order valence-electron chi connectivity index (χ3n) is 0.846. The number of oxime groups is 1. The summed E-state index contributed by atoms with van der Waals surface area (Å²) >= 11 is 4.53. The van der Waals surface area contributed by atoms with E-state index < -0.39 is 0 Å². The number of aromatic nitrogens is 1. The van der Waals surface area contributed by atoms with Crippen LogP contribution in [0.1, 0.15) is 5.69 Å². The van der Waals surface area contributed by atoms with Crippen LogP contribution in [-0.4, -0.2) is 16.0 Å². The highest BCUT2D eigenvalue weighted by atomic mass is 79.9. The zero-order valence-corrected chi connectivity index (χ0v) is 7.19. The molecule has 0 aliphatic carbocycles.